The van der Waals surface area contributed by atoms with Gasteiger partial charge in [-0.1, -0.05) is 11.6 Å². The highest BCUT2D eigenvalue weighted by Gasteiger charge is 2.03. The lowest BCUT2D eigenvalue weighted by molar-refractivity contribution is 0.112. The molecule has 0 aliphatic heterocycles. The molecule has 0 saturated heterocycles. The summed E-state index contributed by atoms with van der Waals surface area (Å²) in [4.78, 5) is 10.3. The molecule has 0 atom stereocenters. The number of carbonyl (C=O) groups excluding carboxylic acids is 1. The molecule has 0 radical (unpaired) electrons. The second-order valence-electron chi connectivity index (χ2n) is 2.22. The van der Waals surface area contributed by atoms with Gasteiger partial charge in [0.15, 0.2) is 0 Å². The fourth-order valence-electron chi connectivity index (χ4n) is 0.788. The third-order valence-electron chi connectivity index (χ3n) is 1.48. The minimum Gasteiger partial charge on any atom is -0.298 e. The highest BCUT2D eigenvalue weighted by atomic mass is 35.5. The highest BCUT2D eigenvalue weighted by Crippen LogP contribution is 2.19. The molecule has 1 aromatic carbocycles. The molecule has 0 N–H and O–H groups in total. The summed E-state index contributed by atoms with van der Waals surface area (Å²) in [6.45, 7) is 1.67. The van der Waals surface area contributed by atoms with Crippen LogP contribution in [0.5, 0.6) is 0 Å². The predicted molar refractivity (Wildman–Crippen MR) is 41.5 cm³/mol. The summed E-state index contributed by atoms with van der Waals surface area (Å²) < 4.78 is 12.6. The van der Waals surface area contributed by atoms with Crippen LogP contribution in [-0.4, -0.2) is 6.29 Å². The molecule has 0 fully saturated rings. The lowest BCUT2D eigenvalue weighted by Crippen LogP contribution is -1.89. The van der Waals surface area contributed by atoms with E-state index in [4.69, 9.17) is 11.6 Å². The van der Waals surface area contributed by atoms with E-state index < -0.39 is 5.82 Å². The fourth-order valence-corrected chi connectivity index (χ4v) is 1.00. The normalized spacial score (nSPS) is 9.73. The van der Waals surface area contributed by atoms with E-state index in [-0.39, 0.29) is 5.02 Å². The van der Waals surface area contributed by atoms with Crippen LogP contribution in [0.1, 0.15) is 15.9 Å². The van der Waals surface area contributed by atoms with Crippen LogP contribution < -0.4 is 0 Å². The van der Waals surface area contributed by atoms with E-state index >= 15 is 0 Å². The van der Waals surface area contributed by atoms with E-state index in [0.717, 1.165) is 6.07 Å². The average Bonchev–Trinajstić information content (AvgIpc) is 1.96. The van der Waals surface area contributed by atoms with Gasteiger partial charge in [0.25, 0.3) is 0 Å². The summed E-state index contributed by atoms with van der Waals surface area (Å²) in [5, 5.41) is 0.284. The Bertz CT molecular complexity index is 296. The zero-order chi connectivity index (χ0) is 8.43. The fraction of sp³-hybridized carbons (Fsp3) is 0.125. The standard InChI is InChI=1S/C8H6ClFO/c1-5-6(4-11)2-7(10)3-8(5)9/h2-4H,1H3. The number of hydrogen-bond acceptors (Lipinski definition) is 1. The van der Waals surface area contributed by atoms with E-state index in [1.165, 1.54) is 6.07 Å². The van der Waals surface area contributed by atoms with Gasteiger partial charge in [-0.15, -0.1) is 0 Å². The van der Waals surface area contributed by atoms with E-state index in [1.54, 1.807) is 6.92 Å². The summed E-state index contributed by atoms with van der Waals surface area (Å²) in [7, 11) is 0. The van der Waals surface area contributed by atoms with Crippen LogP contribution in [0.15, 0.2) is 12.1 Å². The predicted octanol–water partition coefficient (Wildman–Crippen LogP) is 2.60. The summed E-state index contributed by atoms with van der Waals surface area (Å²) in [6, 6.07) is 2.35. The van der Waals surface area contributed by atoms with Gasteiger partial charge in [-0.3, -0.25) is 4.79 Å². The van der Waals surface area contributed by atoms with Crippen molar-refractivity contribution in [2.45, 2.75) is 6.92 Å². The second-order valence-corrected chi connectivity index (χ2v) is 2.63. The summed E-state index contributed by atoms with van der Waals surface area (Å²) in [5.41, 5.74) is 0.915. The second kappa shape index (κ2) is 3.01. The number of carbonyl (C=O) groups is 1. The third-order valence-corrected chi connectivity index (χ3v) is 1.87. The average molecular weight is 173 g/mol. The van der Waals surface area contributed by atoms with Crippen LogP contribution in [0.2, 0.25) is 5.02 Å². The maximum atomic E-state index is 12.6. The first-order chi connectivity index (χ1) is 5.15. The summed E-state index contributed by atoms with van der Waals surface area (Å²) in [5.74, 6) is -0.484. The van der Waals surface area contributed by atoms with Gasteiger partial charge in [0, 0.05) is 10.6 Å². The molecule has 0 saturated carbocycles. The Kier molecular flexibility index (Phi) is 2.25. The van der Waals surface area contributed by atoms with Crippen LogP contribution in [0.4, 0.5) is 4.39 Å². The molecule has 1 nitrogen and oxygen atoms in total. The highest BCUT2D eigenvalue weighted by molar-refractivity contribution is 6.31. The van der Waals surface area contributed by atoms with Gasteiger partial charge < -0.3 is 0 Å². The van der Waals surface area contributed by atoms with Crippen LogP contribution in [0.25, 0.3) is 0 Å². The van der Waals surface area contributed by atoms with E-state index in [2.05, 4.69) is 0 Å². The van der Waals surface area contributed by atoms with Crippen molar-refractivity contribution in [2.75, 3.05) is 0 Å². The van der Waals surface area contributed by atoms with E-state index in [0.29, 0.717) is 17.4 Å². The molecule has 0 unspecified atom stereocenters. The number of halogens is 2. The van der Waals surface area contributed by atoms with Gasteiger partial charge in [-0.05, 0) is 24.6 Å². The lowest BCUT2D eigenvalue weighted by atomic mass is 10.1. The molecule has 0 heterocycles. The van der Waals surface area contributed by atoms with Crippen LogP contribution in [-0.2, 0) is 0 Å². The number of benzene rings is 1. The largest absolute Gasteiger partial charge is 0.298 e. The minimum absolute atomic E-state index is 0.284. The van der Waals surface area contributed by atoms with Gasteiger partial charge in [0.1, 0.15) is 12.1 Å². The zero-order valence-electron chi connectivity index (χ0n) is 5.90. The Morgan fingerprint density at radius 2 is 2.18 bits per heavy atom. The van der Waals surface area contributed by atoms with Gasteiger partial charge in [0.05, 0.1) is 0 Å². The monoisotopic (exact) mass is 172 g/mol. The molecule has 0 aliphatic carbocycles. The number of hydrogen-bond donors (Lipinski definition) is 0. The molecule has 1 aromatic rings. The van der Waals surface area contributed by atoms with Crippen molar-refractivity contribution < 1.29 is 9.18 Å². The molecule has 58 valence electrons. The molecule has 0 aliphatic rings. The molecule has 0 bridgehead atoms. The van der Waals surface area contributed by atoms with Gasteiger partial charge in [-0.25, -0.2) is 4.39 Å². The van der Waals surface area contributed by atoms with Crippen molar-refractivity contribution in [3.63, 3.8) is 0 Å². The first-order valence-corrected chi connectivity index (χ1v) is 3.44. The smallest absolute Gasteiger partial charge is 0.150 e. The van der Waals surface area contributed by atoms with E-state index in [1.807, 2.05) is 0 Å². The van der Waals surface area contributed by atoms with E-state index in [9.17, 15) is 9.18 Å². The van der Waals surface area contributed by atoms with Crippen molar-refractivity contribution >= 4 is 17.9 Å². The maximum absolute atomic E-state index is 12.6. The molecule has 1 rings (SSSR count). The Hall–Kier alpha value is -0.890. The minimum atomic E-state index is -0.484. The number of rotatable bonds is 1. The van der Waals surface area contributed by atoms with Gasteiger partial charge >= 0.3 is 0 Å². The molecule has 3 heteroatoms. The van der Waals surface area contributed by atoms with Crippen molar-refractivity contribution in [1.82, 2.24) is 0 Å². The Morgan fingerprint density at radius 3 is 2.73 bits per heavy atom. The van der Waals surface area contributed by atoms with Crippen molar-refractivity contribution in [3.05, 3.63) is 34.1 Å². The van der Waals surface area contributed by atoms with Crippen LogP contribution >= 0.6 is 11.6 Å². The first-order valence-electron chi connectivity index (χ1n) is 3.06. The first kappa shape index (κ1) is 8.21. The van der Waals surface area contributed by atoms with Crippen molar-refractivity contribution in [3.8, 4) is 0 Å². The molecule has 11 heavy (non-hydrogen) atoms. The summed E-state index contributed by atoms with van der Waals surface area (Å²) >= 11 is 5.60. The van der Waals surface area contributed by atoms with Gasteiger partial charge in [0.2, 0.25) is 0 Å². The molecular formula is C8H6ClFO. The van der Waals surface area contributed by atoms with Crippen LogP contribution in [0, 0.1) is 12.7 Å². The molecular weight excluding hydrogens is 167 g/mol. The van der Waals surface area contributed by atoms with Gasteiger partial charge in [-0.2, -0.15) is 0 Å². The lowest BCUT2D eigenvalue weighted by Gasteiger charge is -2.00. The zero-order valence-corrected chi connectivity index (χ0v) is 6.65. The Labute approximate surface area is 68.8 Å². The topological polar surface area (TPSA) is 17.1 Å². The molecule has 0 amide bonds. The Morgan fingerprint density at radius 1 is 1.55 bits per heavy atom. The quantitative estimate of drug-likeness (QED) is 0.595. The Balaban J connectivity index is 3.35. The molecule has 0 spiro atoms. The number of aldehydes is 1. The third kappa shape index (κ3) is 1.57. The molecule has 0 aromatic heterocycles. The van der Waals surface area contributed by atoms with Crippen LogP contribution in [0.3, 0.4) is 0 Å². The van der Waals surface area contributed by atoms with Crippen molar-refractivity contribution in [2.24, 2.45) is 0 Å². The van der Waals surface area contributed by atoms with Crippen molar-refractivity contribution in [1.29, 1.82) is 0 Å². The SMILES string of the molecule is Cc1c(Cl)cc(F)cc1C=O. The summed E-state index contributed by atoms with van der Waals surface area (Å²) in [6.07, 6.45) is 0.588. The maximum Gasteiger partial charge on any atom is 0.150 e.